The largest absolute Gasteiger partial charge is 0.384 e. The molecule has 17 heavy (non-hydrogen) atoms. The summed E-state index contributed by atoms with van der Waals surface area (Å²) in [6, 6.07) is 0. The molecule has 1 fully saturated rings. The third kappa shape index (κ3) is 2.73. The maximum Gasteiger partial charge on any atom is 0.0997 e. The average Bonchev–Trinajstić information content (AvgIpc) is 2.22. The zero-order valence-electron chi connectivity index (χ0n) is 11.3. The van der Waals surface area contributed by atoms with Crippen LogP contribution >= 0.6 is 11.8 Å². The number of allylic oxidation sites excluding steroid dienone is 1. The summed E-state index contributed by atoms with van der Waals surface area (Å²) in [5.74, 6) is 2.09. The van der Waals surface area contributed by atoms with E-state index in [4.69, 9.17) is 0 Å². The van der Waals surface area contributed by atoms with Gasteiger partial charge in [-0.2, -0.15) is 11.8 Å². The van der Waals surface area contributed by atoms with Crippen LogP contribution in [-0.4, -0.2) is 22.2 Å². The lowest BCUT2D eigenvalue weighted by molar-refractivity contribution is -0.0227. The van der Waals surface area contributed by atoms with Gasteiger partial charge in [0.2, 0.25) is 0 Å². The van der Waals surface area contributed by atoms with Gasteiger partial charge < -0.3 is 5.11 Å². The molecule has 2 rings (SSSR count). The lowest BCUT2D eigenvalue weighted by Crippen LogP contribution is -2.51. The molecule has 1 saturated heterocycles. The van der Waals surface area contributed by atoms with Crippen molar-refractivity contribution in [1.29, 1.82) is 0 Å². The van der Waals surface area contributed by atoms with Crippen molar-refractivity contribution in [3.05, 3.63) is 11.6 Å². The van der Waals surface area contributed by atoms with E-state index < -0.39 is 5.60 Å². The molecule has 1 nitrogen and oxygen atoms in total. The predicted molar refractivity (Wildman–Crippen MR) is 76.5 cm³/mol. The van der Waals surface area contributed by atoms with Crippen LogP contribution in [0.3, 0.4) is 0 Å². The van der Waals surface area contributed by atoms with Crippen LogP contribution in [0.1, 0.15) is 58.8 Å². The van der Waals surface area contributed by atoms with Gasteiger partial charge in [0.05, 0.1) is 5.60 Å². The standard InChI is InChI=1S/C15H26OS/c1-14(2)10-11-17-12-15(14,16)13-8-6-4-3-5-7-9-13/h8,16H,3-7,9-12H2,1-2H3. The van der Waals surface area contributed by atoms with Gasteiger partial charge in [-0.05, 0) is 48.8 Å². The van der Waals surface area contributed by atoms with Crippen LogP contribution in [0, 0.1) is 5.41 Å². The summed E-state index contributed by atoms with van der Waals surface area (Å²) >= 11 is 1.92. The third-order valence-corrected chi connectivity index (χ3v) is 5.74. The minimum absolute atomic E-state index is 0.0449. The van der Waals surface area contributed by atoms with Gasteiger partial charge in [0, 0.05) is 5.75 Å². The number of hydrogen-bond acceptors (Lipinski definition) is 2. The summed E-state index contributed by atoms with van der Waals surface area (Å²) in [5, 5.41) is 11.2. The fraction of sp³-hybridized carbons (Fsp3) is 0.867. The van der Waals surface area contributed by atoms with E-state index >= 15 is 0 Å². The Morgan fingerprint density at radius 3 is 2.71 bits per heavy atom. The maximum absolute atomic E-state index is 11.2. The molecule has 1 unspecified atom stereocenters. The minimum Gasteiger partial charge on any atom is -0.384 e. The summed E-state index contributed by atoms with van der Waals surface area (Å²) in [7, 11) is 0. The van der Waals surface area contributed by atoms with Crippen molar-refractivity contribution in [2.75, 3.05) is 11.5 Å². The van der Waals surface area contributed by atoms with Crippen molar-refractivity contribution in [3.8, 4) is 0 Å². The van der Waals surface area contributed by atoms with Crippen LogP contribution < -0.4 is 0 Å². The van der Waals surface area contributed by atoms with Gasteiger partial charge >= 0.3 is 0 Å². The highest BCUT2D eigenvalue weighted by Gasteiger charge is 2.47. The number of aliphatic hydroxyl groups is 1. The van der Waals surface area contributed by atoms with E-state index in [1.54, 1.807) is 0 Å². The summed E-state index contributed by atoms with van der Waals surface area (Å²) in [6.07, 6.45) is 11.0. The van der Waals surface area contributed by atoms with E-state index in [0.29, 0.717) is 0 Å². The normalized spacial score (nSPS) is 34.6. The smallest absolute Gasteiger partial charge is 0.0997 e. The van der Waals surface area contributed by atoms with Crippen molar-refractivity contribution >= 4 is 11.8 Å². The van der Waals surface area contributed by atoms with E-state index in [0.717, 1.165) is 18.6 Å². The first-order chi connectivity index (χ1) is 8.06. The Bertz CT molecular complexity index is 295. The summed E-state index contributed by atoms with van der Waals surface area (Å²) < 4.78 is 0. The highest BCUT2D eigenvalue weighted by atomic mass is 32.2. The van der Waals surface area contributed by atoms with Gasteiger partial charge in [-0.3, -0.25) is 0 Å². The molecular formula is C15H26OS. The number of thioether (sulfide) groups is 1. The molecule has 0 aromatic heterocycles. The number of hydrogen-bond donors (Lipinski definition) is 1. The van der Waals surface area contributed by atoms with Gasteiger partial charge in [0.15, 0.2) is 0 Å². The lowest BCUT2D eigenvalue weighted by atomic mass is 9.68. The zero-order chi connectivity index (χ0) is 12.4. The second kappa shape index (κ2) is 5.36. The first-order valence-corrected chi connectivity index (χ1v) is 8.21. The molecule has 2 heteroatoms. The molecule has 1 aliphatic heterocycles. The van der Waals surface area contributed by atoms with Crippen molar-refractivity contribution in [2.45, 2.75) is 64.4 Å². The quantitative estimate of drug-likeness (QED) is 0.709. The van der Waals surface area contributed by atoms with Crippen LogP contribution in [0.4, 0.5) is 0 Å². The topological polar surface area (TPSA) is 20.2 Å². The Balaban J connectivity index is 2.22. The molecule has 0 spiro atoms. The van der Waals surface area contributed by atoms with E-state index in [-0.39, 0.29) is 5.41 Å². The lowest BCUT2D eigenvalue weighted by Gasteiger charge is -2.48. The highest BCUT2D eigenvalue weighted by molar-refractivity contribution is 7.99. The van der Waals surface area contributed by atoms with Crippen LogP contribution in [0.15, 0.2) is 11.6 Å². The predicted octanol–water partition coefficient (Wildman–Crippen LogP) is 4.16. The van der Waals surface area contributed by atoms with E-state index in [9.17, 15) is 5.11 Å². The van der Waals surface area contributed by atoms with Gasteiger partial charge in [0.25, 0.3) is 0 Å². The molecule has 0 amide bonds. The summed E-state index contributed by atoms with van der Waals surface area (Å²) in [4.78, 5) is 0. The molecule has 1 N–H and O–H groups in total. The second-order valence-electron chi connectivity index (χ2n) is 6.23. The molecule has 2 aliphatic rings. The van der Waals surface area contributed by atoms with E-state index in [1.807, 2.05) is 11.8 Å². The molecule has 0 radical (unpaired) electrons. The highest BCUT2D eigenvalue weighted by Crippen LogP contribution is 2.47. The van der Waals surface area contributed by atoms with Crippen molar-refractivity contribution < 1.29 is 5.11 Å². The van der Waals surface area contributed by atoms with Crippen LogP contribution in [0.2, 0.25) is 0 Å². The van der Waals surface area contributed by atoms with Crippen molar-refractivity contribution in [1.82, 2.24) is 0 Å². The fourth-order valence-corrected chi connectivity index (χ4v) is 4.71. The molecule has 98 valence electrons. The van der Waals surface area contributed by atoms with Crippen LogP contribution in [0.5, 0.6) is 0 Å². The van der Waals surface area contributed by atoms with E-state index in [1.165, 1.54) is 43.4 Å². The summed E-state index contributed by atoms with van der Waals surface area (Å²) in [5.41, 5.74) is 0.839. The maximum atomic E-state index is 11.2. The zero-order valence-corrected chi connectivity index (χ0v) is 12.1. The molecule has 0 saturated carbocycles. The van der Waals surface area contributed by atoms with Gasteiger partial charge in [-0.15, -0.1) is 0 Å². The molecule has 1 heterocycles. The molecule has 0 aromatic carbocycles. The molecule has 0 aromatic rings. The van der Waals surface area contributed by atoms with Crippen LogP contribution in [-0.2, 0) is 0 Å². The monoisotopic (exact) mass is 254 g/mol. The second-order valence-corrected chi connectivity index (χ2v) is 7.33. The van der Waals surface area contributed by atoms with Crippen molar-refractivity contribution in [2.24, 2.45) is 5.41 Å². The Kier molecular flexibility index (Phi) is 4.25. The van der Waals surface area contributed by atoms with Gasteiger partial charge in [-0.1, -0.05) is 32.8 Å². The molecule has 1 aliphatic carbocycles. The van der Waals surface area contributed by atoms with Crippen LogP contribution in [0.25, 0.3) is 0 Å². The molecular weight excluding hydrogens is 228 g/mol. The fourth-order valence-electron chi connectivity index (χ4n) is 3.04. The van der Waals surface area contributed by atoms with Gasteiger partial charge in [0.1, 0.15) is 0 Å². The Morgan fingerprint density at radius 1 is 1.18 bits per heavy atom. The SMILES string of the molecule is CC1(C)CCSCC1(O)C1=CCCCCCC1. The average molecular weight is 254 g/mol. The third-order valence-electron chi connectivity index (χ3n) is 4.62. The summed E-state index contributed by atoms with van der Waals surface area (Å²) in [6.45, 7) is 4.48. The van der Waals surface area contributed by atoms with Gasteiger partial charge in [-0.25, -0.2) is 0 Å². The Labute approximate surface area is 110 Å². The molecule has 1 atom stereocenters. The van der Waals surface area contributed by atoms with E-state index in [2.05, 4.69) is 19.9 Å². The van der Waals surface area contributed by atoms with Crippen molar-refractivity contribution in [3.63, 3.8) is 0 Å². The first kappa shape index (κ1) is 13.5. The number of rotatable bonds is 1. The first-order valence-electron chi connectivity index (χ1n) is 7.06. The molecule has 0 bridgehead atoms. The Hall–Kier alpha value is 0.0500. The Morgan fingerprint density at radius 2 is 1.94 bits per heavy atom. The minimum atomic E-state index is -0.548.